The summed E-state index contributed by atoms with van der Waals surface area (Å²) in [6.45, 7) is 2.84. The molecule has 0 radical (unpaired) electrons. The maximum Gasteiger partial charge on any atom is 0.276 e. The summed E-state index contributed by atoms with van der Waals surface area (Å²) in [7, 11) is 0. The van der Waals surface area contributed by atoms with Gasteiger partial charge in [-0.1, -0.05) is 48.0 Å². The molecular formula is C15H21N3OS. The molecule has 0 spiro atoms. The number of unbranched alkanes of at least 4 members (excludes halogenated alkanes) is 2. The number of hydrogen-bond donors (Lipinski definition) is 1. The van der Waals surface area contributed by atoms with Gasteiger partial charge < -0.3 is 10.2 Å². The smallest absolute Gasteiger partial charge is 0.276 e. The number of thioether (sulfide) groups is 1. The third-order valence-electron chi connectivity index (χ3n) is 3.03. The minimum Gasteiger partial charge on any atom is -0.416 e. The molecule has 20 heavy (non-hydrogen) atoms. The summed E-state index contributed by atoms with van der Waals surface area (Å²) >= 11 is 1.58. The number of aryl methyl sites for hydroxylation is 2. The summed E-state index contributed by atoms with van der Waals surface area (Å²) in [4.78, 5) is 0. The lowest BCUT2D eigenvalue weighted by molar-refractivity contribution is 0.407. The summed E-state index contributed by atoms with van der Waals surface area (Å²) in [6.07, 6.45) is 4.08. The zero-order valence-electron chi connectivity index (χ0n) is 11.8. The maximum atomic E-state index is 5.62. The molecule has 0 amide bonds. The van der Waals surface area contributed by atoms with Gasteiger partial charge in [0.15, 0.2) is 0 Å². The van der Waals surface area contributed by atoms with Crippen LogP contribution in [0.1, 0.15) is 36.3 Å². The molecule has 0 unspecified atom stereocenters. The maximum absolute atomic E-state index is 5.62. The second-order valence-electron chi connectivity index (χ2n) is 4.84. The van der Waals surface area contributed by atoms with Crippen molar-refractivity contribution in [2.45, 2.75) is 43.6 Å². The minimum absolute atomic E-state index is 0.652. The van der Waals surface area contributed by atoms with E-state index in [-0.39, 0.29) is 0 Å². The molecule has 0 aliphatic rings. The molecule has 1 aromatic heterocycles. The van der Waals surface area contributed by atoms with Crippen LogP contribution in [0.5, 0.6) is 0 Å². The van der Waals surface area contributed by atoms with Crippen LogP contribution in [0.15, 0.2) is 33.9 Å². The molecule has 0 atom stereocenters. The van der Waals surface area contributed by atoms with Crippen molar-refractivity contribution < 1.29 is 4.42 Å². The van der Waals surface area contributed by atoms with E-state index in [1.807, 2.05) is 0 Å². The van der Waals surface area contributed by atoms with E-state index in [0.717, 1.165) is 43.9 Å². The molecule has 4 nitrogen and oxygen atoms in total. The van der Waals surface area contributed by atoms with Crippen LogP contribution in [0.3, 0.4) is 0 Å². The van der Waals surface area contributed by atoms with Crippen molar-refractivity contribution in [2.24, 2.45) is 5.73 Å². The Morgan fingerprint density at radius 1 is 1.10 bits per heavy atom. The Morgan fingerprint density at radius 3 is 2.65 bits per heavy atom. The van der Waals surface area contributed by atoms with E-state index in [9.17, 15) is 0 Å². The highest BCUT2D eigenvalue weighted by Gasteiger charge is 2.06. The van der Waals surface area contributed by atoms with Gasteiger partial charge in [-0.15, -0.1) is 10.2 Å². The number of nitrogens with two attached hydrogens (primary N) is 1. The van der Waals surface area contributed by atoms with E-state index < -0.39 is 0 Å². The third-order valence-corrected chi connectivity index (χ3v) is 3.92. The zero-order valence-corrected chi connectivity index (χ0v) is 12.7. The number of nitrogens with zero attached hydrogens (tertiary/aromatic N) is 2. The number of hydrogen-bond acceptors (Lipinski definition) is 5. The average molecular weight is 291 g/mol. The highest BCUT2D eigenvalue weighted by molar-refractivity contribution is 7.98. The van der Waals surface area contributed by atoms with Gasteiger partial charge in [-0.25, -0.2) is 0 Å². The molecule has 2 aromatic rings. The van der Waals surface area contributed by atoms with E-state index in [2.05, 4.69) is 41.4 Å². The van der Waals surface area contributed by atoms with Crippen LogP contribution in [0, 0.1) is 6.92 Å². The molecule has 0 saturated carbocycles. The molecule has 0 saturated heterocycles. The molecule has 108 valence electrons. The first-order chi connectivity index (χ1) is 9.78. The molecule has 5 heteroatoms. The highest BCUT2D eigenvalue weighted by atomic mass is 32.2. The largest absolute Gasteiger partial charge is 0.416 e. The van der Waals surface area contributed by atoms with Crippen molar-refractivity contribution in [3.63, 3.8) is 0 Å². The quantitative estimate of drug-likeness (QED) is 0.597. The SMILES string of the molecule is Cc1ccc(CSc2nnc(CCCCCN)o2)cc1. The first kappa shape index (κ1) is 15.1. The fourth-order valence-corrected chi connectivity index (χ4v) is 2.56. The van der Waals surface area contributed by atoms with Gasteiger partial charge in [0.05, 0.1) is 0 Å². The molecule has 0 bridgehead atoms. The standard InChI is InChI=1S/C15H21N3OS/c1-12-6-8-13(9-7-12)11-20-15-18-17-14(19-15)5-3-2-4-10-16/h6-9H,2-5,10-11,16H2,1H3. The number of benzene rings is 1. The first-order valence-electron chi connectivity index (χ1n) is 6.98. The third kappa shape index (κ3) is 4.98. The van der Waals surface area contributed by atoms with Crippen molar-refractivity contribution in [3.05, 3.63) is 41.3 Å². The normalized spacial score (nSPS) is 10.9. The van der Waals surface area contributed by atoms with Crippen molar-refractivity contribution in [2.75, 3.05) is 6.54 Å². The van der Waals surface area contributed by atoms with Crippen LogP contribution >= 0.6 is 11.8 Å². The summed E-state index contributed by atoms with van der Waals surface area (Å²) < 4.78 is 5.62. The molecule has 2 N–H and O–H groups in total. The van der Waals surface area contributed by atoms with Gasteiger partial charge in [-0.05, 0) is 31.9 Å². The lowest BCUT2D eigenvalue weighted by Crippen LogP contribution is -1.98. The summed E-state index contributed by atoms with van der Waals surface area (Å²) in [5.74, 6) is 1.59. The van der Waals surface area contributed by atoms with E-state index in [0.29, 0.717) is 5.22 Å². The Labute approximate surface area is 124 Å². The van der Waals surface area contributed by atoms with Gasteiger partial charge in [-0.3, -0.25) is 0 Å². The fourth-order valence-electron chi connectivity index (χ4n) is 1.82. The van der Waals surface area contributed by atoms with E-state index in [1.165, 1.54) is 11.1 Å². The van der Waals surface area contributed by atoms with E-state index >= 15 is 0 Å². The molecule has 1 heterocycles. The predicted octanol–water partition coefficient (Wildman–Crippen LogP) is 3.34. The van der Waals surface area contributed by atoms with Gasteiger partial charge in [0.25, 0.3) is 5.22 Å². The van der Waals surface area contributed by atoms with Gasteiger partial charge in [0.2, 0.25) is 5.89 Å². The van der Waals surface area contributed by atoms with E-state index in [1.54, 1.807) is 11.8 Å². The van der Waals surface area contributed by atoms with Crippen LogP contribution in [-0.4, -0.2) is 16.7 Å². The summed E-state index contributed by atoms with van der Waals surface area (Å²) in [5, 5.41) is 8.79. The monoisotopic (exact) mass is 291 g/mol. The Balaban J connectivity index is 1.76. The Bertz CT molecular complexity index is 510. The Morgan fingerprint density at radius 2 is 1.90 bits per heavy atom. The first-order valence-corrected chi connectivity index (χ1v) is 7.97. The van der Waals surface area contributed by atoms with Crippen LogP contribution in [0.4, 0.5) is 0 Å². The van der Waals surface area contributed by atoms with Crippen molar-refractivity contribution >= 4 is 11.8 Å². The predicted molar refractivity (Wildman–Crippen MR) is 81.6 cm³/mol. The van der Waals surface area contributed by atoms with Gasteiger partial charge in [0, 0.05) is 12.2 Å². The van der Waals surface area contributed by atoms with Gasteiger partial charge >= 0.3 is 0 Å². The van der Waals surface area contributed by atoms with Crippen LogP contribution in [0.2, 0.25) is 0 Å². The lowest BCUT2D eigenvalue weighted by Gasteiger charge is -1.98. The van der Waals surface area contributed by atoms with Crippen molar-refractivity contribution in [1.82, 2.24) is 10.2 Å². The van der Waals surface area contributed by atoms with Crippen LogP contribution in [0.25, 0.3) is 0 Å². The molecule has 0 fully saturated rings. The number of aromatic nitrogens is 2. The Hall–Kier alpha value is -1.33. The second-order valence-corrected chi connectivity index (χ2v) is 5.76. The summed E-state index contributed by atoms with van der Waals surface area (Å²) in [6, 6.07) is 8.50. The number of rotatable bonds is 8. The molecule has 2 rings (SSSR count). The minimum atomic E-state index is 0.652. The molecule has 1 aromatic carbocycles. The molecule has 0 aliphatic heterocycles. The van der Waals surface area contributed by atoms with Crippen molar-refractivity contribution in [1.29, 1.82) is 0 Å². The van der Waals surface area contributed by atoms with Crippen LogP contribution in [-0.2, 0) is 12.2 Å². The average Bonchev–Trinajstić information content (AvgIpc) is 2.91. The van der Waals surface area contributed by atoms with E-state index in [4.69, 9.17) is 10.2 Å². The Kier molecular flexibility index (Phi) is 6.08. The van der Waals surface area contributed by atoms with Gasteiger partial charge in [-0.2, -0.15) is 0 Å². The van der Waals surface area contributed by atoms with Crippen LogP contribution < -0.4 is 5.73 Å². The second kappa shape index (κ2) is 8.07. The van der Waals surface area contributed by atoms with Gasteiger partial charge in [0.1, 0.15) is 0 Å². The fraction of sp³-hybridized carbons (Fsp3) is 0.467. The van der Waals surface area contributed by atoms with Crippen molar-refractivity contribution in [3.8, 4) is 0 Å². The lowest BCUT2D eigenvalue weighted by atomic mass is 10.2. The molecular weight excluding hydrogens is 270 g/mol. The zero-order chi connectivity index (χ0) is 14.2. The topological polar surface area (TPSA) is 64.9 Å². The highest BCUT2D eigenvalue weighted by Crippen LogP contribution is 2.22. The summed E-state index contributed by atoms with van der Waals surface area (Å²) in [5.41, 5.74) is 8.00. The molecule has 0 aliphatic carbocycles.